The van der Waals surface area contributed by atoms with Crippen molar-refractivity contribution in [2.24, 2.45) is 0 Å². The molecule has 0 unspecified atom stereocenters. The Kier molecular flexibility index (Phi) is 4.76. The number of hydrogen-bond donors (Lipinski definition) is 1. The summed E-state index contributed by atoms with van der Waals surface area (Å²) in [5.41, 5.74) is 0. The third-order valence-corrected chi connectivity index (χ3v) is 2.44. The molecule has 82 valence electrons. The molecular weight excluding hydrogens is 218 g/mol. The average molecular weight is 229 g/mol. The summed E-state index contributed by atoms with van der Waals surface area (Å²) in [6.07, 6.45) is 0.836. The summed E-state index contributed by atoms with van der Waals surface area (Å²) in [7, 11) is 1.21. The van der Waals surface area contributed by atoms with E-state index in [4.69, 9.17) is 4.42 Å². The molecule has 2 amide bonds. The zero-order valence-corrected chi connectivity index (χ0v) is 9.00. The van der Waals surface area contributed by atoms with Crippen molar-refractivity contribution in [2.75, 3.05) is 12.9 Å². The lowest BCUT2D eigenvalue weighted by molar-refractivity contribution is -0.117. The van der Waals surface area contributed by atoms with E-state index >= 15 is 0 Å². The average Bonchev–Trinajstić information content (AvgIpc) is 2.70. The second kappa shape index (κ2) is 6.13. The second-order valence-electron chi connectivity index (χ2n) is 2.61. The predicted molar refractivity (Wildman–Crippen MR) is 55.4 cm³/mol. The van der Waals surface area contributed by atoms with E-state index in [0.717, 1.165) is 5.76 Å². The smallest absolute Gasteiger partial charge is 0.413 e. The van der Waals surface area contributed by atoms with E-state index < -0.39 is 6.09 Å². The van der Waals surface area contributed by atoms with Crippen LogP contribution >= 0.6 is 11.8 Å². The molecule has 1 N–H and O–H groups in total. The van der Waals surface area contributed by atoms with E-state index in [9.17, 15) is 9.59 Å². The number of methoxy groups -OCH3 is 1. The fourth-order valence-electron chi connectivity index (χ4n) is 0.840. The zero-order valence-electron chi connectivity index (χ0n) is 8.19. The van der Waals surface area contributed by atoms with Crippen molar-refractivity contribution >= 4 is 23.8 Å². The van der Waals surface area contributed by atoms with Gasteiger partial charge in [-0.1, -0.05) is 0 Å². The number of thioether (sulfide) groups is 1. The number of carbonyl (C=O) groups excluding carboxylic acids is 2. The third kappa shape index (κ3) is 4.55. The van der Waals surface area contributed by atoms with Gasteiger partial charge in [0.15, 0.2) is 0 Å². The third-order valence-electron chi connectivity index (χ3n) is 1.48. The van der Waals surface area contributed by atoms with Gasteiger partial charge in [-0.2, -0.15) is 0 Å². The molecule has 5 nitrogen and oxygen atoms in total. The minimum Gasteiger partial charge on any atom is -0.468 e. The molecule has 0 aliphatic heterocycles. The van der Waals surface area contributed by atoms with E-state index in [1.54, 1.807) is 12.3 Å². The first kappa shape index (κ1) is 11.6. The Labute approximate surface area is 91.2 Å². The van der Waals surface area contributed by atoms with Crippen molar-refractivity contribution in [3.05, 3.63) is 24.2 Å². The van der Waals surface area contributed by atoms with Gasteiger partial charge in [-0.25, -0.2) is 4.79 Å². The lowest BCUT2D eigenvalue weighted by Crippen LogP contribution is -2.31. The Hall–Kier alpha value is -1.43. The Bertz CT molecular complexity index is 323. The van der Waals surface area contributed by atoms with Crippen LogP contribution in [0.2, 0.25) is 0 Å². The predicted octanol–water partition coefficient (Wildman–Crippen LogP) is 1.40. The summed E-state index contributed by atoms with van der Waals surface area (Å²) in [5, 5.41) is 2.06. The number of alkyl carbamates (subject to hydrolysis) is 1. The van der Waals surface area contributed by atoms with Gasteiger partial charge in [0.2, 0.25) is 5.91 Å². The molecule has 0 radical (unpaired) electrons. The number of amides is 2. The molecule has 0 atom stereocenters. The minimum absolute atomic E-state index is 0.190. The number of furan rings is 1. The fourth-order valence-corrected chi connectivity index (χ4v) is 1.57. The van der Waals surface area contributed by atoms with Crippen LogP contribution in [0.15, 0.2) is 22.8 Å². The highest BCUT2D eigenvalue weighted by Crippen LogP contribution is 2.11. The van der Waals surface area contributed by atoms with Crippen molar-refractivity contribution in [3.63, 3.8) is 0 Å². The quantitative estimate of drug-likeness (QED) is 0.845. The van der Waals surface area contributed by atoms with Crippen LogP contribution in [-0.2, 0) is 15.3 Å². The minimum atomic E-state index is -0.737. The molecule has 0 aromatic carbocycles. The van der Waals surface area contributed by atoms with Crippen LogP contribution in [0.5, 0.6) is 0 Å². The van der Waals surface area contributed by atoms with Gasteiger partial charge >= 0.3 is 6.09 Å². The first-order chi connectivity index (χ1) is 7.22. The normalized spacial score (nSPS) is 9.67. The van der Waals surface area contributed by atoms with Crippen LogP contribution in [0.4, 0.5) is 4.79 Å². The van der Waals surface area contributed by atoms with Crippen molar-refractivity contribution in [3.8, 4) is 0 Å². The lowest BCUT2D eigenvalue weighted by atomic mass is 10.5. The monoisotopic (exact) mass is 229 g/mol. The van der Waals surface area contributed by atoms with Crippen LogP contribution < -0.4 is 5.32 Å². The number of imide groups is 1. The standard InChI is InChI=1S/C9H11NO4S/c1-13-9(12)10-8(11)6-15-5-7-3-2-4-14-7/h2-4H,5-6H2,1H3,(H,10,11,12). The molecule has 6 heteroatoms. The summed E-state index contributed by atoms with van der Waals surface area (Å²) in [4.78, 5) is 21.7. The molecule has 1 rings (SSSR count). The van der Waals surface area contributed by atoms with Gasteiger partial charge in [0.25, 0.3) is 0 Å². The molecule has 1 aromatic rings. The molecule has 0 aliphatic rings. The highest BCUT2D eigenvalue weighted by molar-refractivity contribution is 7.99. The van der Waals surface area contributed by atoms with E-state index in [1.165, 1.54) is 18.9 Å². The molecule has 0 saturated heterocycles. The van der Waals surface area contributed by atoms with Gasteiger partial charge in [0, 0.05) is 0 Å². The van der Waals surface area contributed by atoms with Gasteiger partial charge < -0.3 is 9.15 Å². The number of carbonyl (C=O) groups is 2. The summed E-state index contributed by atoms with van der Waals surface area (Å²) in [6.45, 7) is 0. The maximum Gasteiger partial charge on any atom is 0.413 e. The highest BCUT2D eigenvalue weighted by Gasteiger charge is 2.07. The molecule has 0 fully saturated rings. The van der Waals surface area contributed by atoms with Crippen LogP contribution in [0.3, 0.4) is 0 Å². The molecule has 1 heterocycles. The van der Waals surface area contributed by atoms with Crippen molar-refractivity contribution in [2.45, 2.75) is 5.75 Å². The molecular formula is C9H11NO4S. The summed E-state index contributed by atoms with van der Waals surface area (Å²) in [5.74, 6) is 1.21. The van der Waals surface area contributed by atoms with Gasteiger partial charge in [-0.05, 0) is 12.1 Å². The first-order valence-electron chi connectivity index (χ1n) is 4.20. The van der Waals surface area contributed by atoms with Gasteiger partial charge in [-0.3, -0.25) is 10.1 Å². The van der Waals surface area contributed by atoms with Crippen molar-refractivity contribution in [1.82, 2.24) is 5.32 Å². The van der Waals surface area contributed by atoms with Gasteiger partial charge in [0.1, 0.15) is 5.76 Å². The second-order valence-corrected chi connectivity index (χ2v) is 3.60. The first-order valence-corrected chi connectivity index (χ1v) is 5.35. The SMILES string of the molecule is COC(=O)NC(=O)CSCc1ccco1. The maximum atomic E-state index is 11.1. The van der Waals surface area contributed by atoms with Gasteiger partial charge in [-0.15, -0.1) is 11.8 Å². The number of hydrogen-bond acceptors (Lipinski definition) is 5. The van der Waals surface area contributed by atoms with Crippen LogP contribution in [0.1, 0.15) is 5.76 Å². The van der Waals surface area contributed by atoms with Crippen LogP contribution in [-0.4, -0.2) is 24.9 Å². The molecule has 0 saturated carbocycles. The highest BCUT2D eigenvalue weighted by atomic mass is 32.2. The number of ether oxygens (including phenoxy) is 1. The fraction of sp³-hybridized carbons (Fsp3) is 0.333. The largest absolute Gasteiger partial charge is 0.468 e. The van der Waals surface area contributed by atoms with Crippen molar-refractivity contribution < 1.29 is 18.7 Å². The molecule has 0 aliphatic carbocycles. The molecule has 0 bridgehead atoms. The molecule has 15 heavy (non-hydrogen) atoms. The lowest BCUT2D eigenvalue weighted by Gasteiger charge is -2.01. The summed E-state index contributed by atoms with van der Waals surface area (Å²) >= 11 is 1.36. The Morgan fingerprint density at radius 2 is 2.40 bits per heavy atom. The van der Waals surface area contributed by atoms with E-state index in [0.29, 0.717) is 5.75 Å². The molecule has 1 aromatic heterocycles. The topological polar surface area (TPSA) is 68.5 Å². The number of nitrogens with one attached hydrogen (secondary N) is 1. The Morgan fingerprint density at radius 1 is 1.60 bits per heavy atom. The van der Waals surface area contributed by atoms with Crippen molar-refractivity contribution in [1.29, 1.82) is 0 Å². The number of rotatable bonds is 4. The summed E-state index contributed by atoms with van der Waals surface area (Å²) in [6, 6.07) is 3.61. The Balaban J connectivity index is 2.15. The van der Waals surface area contributed by atoms with Crippen LogP contribution in [0, 0.1) is 0 Å². The van der Waals surface area contributed by atoms with E-state index in [-0.39, 0.29) is 11.7 Å². The van der Waals surface area contributed by atoms with E-state index in [1.807, 2.05) is 6.07 Å². The van der Waals surface area contributed by atoms with E-state index in [2.05, 4.69) is 10.1 Å². The maximum absolute atomic E-state index is 11.1. The molecule has 0 spiro atoms. The van der Waals surface area contributed by atoms with Gasteiger partial charge in [0.05, 0.1) is 24.9 Å². The van der Waals surface area contributed by atoms with Crippen LogP contribution in [0.25, 0.3) is 0 Å². The zero-order chi connectivity index (χ0) is 11.1. The Morgan fingerprint density at radius 3 is 3.00 bits per heavy atom. The summed E-state index contributed by atoms with van der Waals surface area (Å²) < 4.78 is 9.35.